The van der Waals surface area contributed by atoms with Crippen LogP contribution in [0.5, 0.6) is 0 Å². The minimum atomic E-state index is -0.802. The second-order valence-electron chi connectivity index (χ2n) is 7.01. The van der Waals surface area contributed by atoms with Crippen molar-refractivity contribution in [1.82, 2.24) is 5.32 Å². The molecule has 29 heavy (non-hydrogen) atoms. The van der Waals surface area contributed by atoms with E-state index < -0.39 is 17.8 Å². The number of nitrogens with one attached hydrogen (secondary N) is 1. The van der Waals surface area contributed by atoms with Crippen LogP contribution in [0, 0.1) is 0 Å². The number of hydrogen-bond donors (Lipinski definition) is 1. The Morgan fingerprint density at radius 1 is 0.931 bits per heavy atom. The largest absolute Gasteiger partial charge is 0.441 e. The number of benzene rings is 1. The fraction of sp³-hybridized carbons (Fsp3) is 0.286. The normalized spacial score (nSPS) is 19.5. The van der Waals surface area contributed by atoms with Gasteiger partial charge in [0.2, 0.25) is 0 Å². The van der Waals surface area contributed by atoms with Crippen LogP contribution in [-0.2, 0) is 9.59 Å². The van der Waals surface area contributed by atoms with Crippen LogP contribution in [0.1, 0.15) is 31.4 Å². The van der Waals surface area contributed by atoms with Gasteiger partial charge in [-0.1, -0.05) is 24.4 Å². The summed E-state index contributed by atoms with van der Waals surface area (Å²) in [4.78, 5) is 40.5. The molecule has 4 rings (SSSR count). The molecule has 3 heterocycles. The Hall–Kier alpha value is -3.06. The van der Waals surface area contributed by atoms with Crippen molar-refractivity contribution in [2.24, 2.45) is 0 Å². The number of urea groups is 1. The molecule has 2 saturated heterocycles. The van der Waals surface area contributed by atoms with E-state index in [4.69, 9.17) is 16.0 Å². The molecule has 7 nitrogen and oxygen atoms in total. The smallest absolute Gasteiger partial charge is 0.335 e. The van der Waals surface area contributed by atoms with E-state index in [9.17, 15) is 14.4 Å². The van der Waals surface area contributed by atoms with E-state index in [2.05, 4.69) is 10.2 Å². The standard InChI is InChI=1S/C21H20ClN3O4/c22-14-5-7-15(8-6-14)25-20(27)17(19(26)23-21(25)28)13-16-9-10-18(29-16)24-11-3-1-2-4-12-24/h5-10,13H,1-4,11-12H2,(H,23,26,28)/b17-13+. The van der Waals surface area contributed by atoms with Crippen molar-refractivity contribution < 1.29 is 18.8 Å². The van der Waals surface area contributed by atoms with E-state index >= 15 is 0 Å². The predicted octanol–water partition coefficient (Wildman–Crippen LogP) is 3.98. The quantitative estimate of drug-likeness (QED) is 0.607. The second kappa shape index (κ2) is 8.13. The summed E-state index contributed by atoms with van der Waals surface area (Å²) < 4.78 is 5.86. The summed E-state index contributed by atoms with van der Waals surface area (Å²) in [6.45, 7) is 1.84. The Balaban J connectivity index is 1.60. The van der Waals surface area contributed by atoms with E-state index in [1.165, 1.54) is 31.1 Å². The molecule has 150 valence electrons. The van der Waals surface area contributed by atoms with Gasteiger partial charge in [-0.15, -0.1) is 0 Å². The molecule has 2 aromatic rings. The summed E-state index contributed by atoms with van der Waals surface area (Å²) in [7, 11) is 0. The van der Waals surface area contributed by atoms with Crippen molar-refractivity contribution in [3.05, 3.63) is 52.8 Å². The van der Waals surface area contributed by atoms with Crippen molar-refractivity contribution in [2.75, 3.05) is 22.9 Å². The molecule has 0 unspecified atom stereocenters. The lowest BCUT2D eigenvalue weighted by molar-refractivity contribution is -0.122. The zero-order chi connectivity index (χ0) is 20.4. The second-order valence-corrected chi connectivity index (χ2v) is 7.45. The Morgan fingerprint density at radius 2 is 1.62 bits per heavy atom. The Kier molecular flexibility index (Phi) is 5.40. The molecule has 0 bridgehead atoms. The zero-order valence-corrected chi connectivity index (χ0v) is 16.4. The molecule has 2 fully saturated rings. The molecule has 0 atom stereocenters. The van der Waals surface area contributed by atoms with Crippen molar-refractivity contribution in [2.45, 2.75) is 25.7 Å². The Morgan fingerprint density at radius 3 is 2.31 bits per heavy atom. The first-order valence-electron chi connectivity index (χ1n) is 9.55. The van der Waals surface area contributed by atoms with Gasteiger partial charge < -0.3 is 9.32 Å². The number of imide groups is 2. The monoisotopic (exact) mass is 413 g/mol. The number of halogens is 1. The maximum atomic E-state index is 12.9. The summed E-state index contributed by atoms with van der Waals surface area (Å²) in [5.74, 6) is -0.368. The number of hydrogen-bond acceptors (Lipinski definition) is 5. The number of barbiturate groups is 1. The van der Waals surface area contributed by atoms with Crippen molar-refractivity contribution in [1.29, 1.82) is 0 Å². The van der Waals surface area contributed by atoms with E-state index in [1.807, 2.05) is 6.07 Å². The number of carbonyl (C=O) groups is 3. The Labute approximate surface area is 172 Å². The van der Waals surface area contributed by atoms with Gasteiger partial charge in [-0.05, 0) is 49.2 Å². The molecule has 2 aliphatic rings. The third kappa shape index (κ3) is 4.05. The summed E-state index contributed by atoms with van der Waals surface area (Å²) in [5, 5.41) is 2.67. The van der Waals surface area contributed by atoms with Gasteiger partial charge in [0.15, 0.2) is 5.88 Å². The molecular formula is C21H20ClN3O4. The molecule has 0 radical (unpaired) electrons. The van der Waals surface area contributed by atoms with Gasteiger partial charge in [-0.3, -0.25) is 14.9 Å². The fourth-order valence-corrected chi connectivity index (χ4v) is 3.63. The van der Waals surface area contributed by atoms with Crippen LogP contribution in [-0.4, -0.2) is 30.9 Å². The van der Waals surface area contributed by atoms with Gasteiger partial charge in [0.1, 0.15) is 11.3 Å². The van der Waals surface area contributed by atoms with E-state index in [0.29, 0.717) is 22.4 Å². The third-order valence-electron chi connectivity index (χ3n) is 5.00. The topological polar surface area (TPSA) is 82.9 Å². The molecule has 1 aromatic heterocycles. The lowest BCUT2D eigenvalue weighted by Gasteiger charge is -2.26. The average molecular weight is 414 g/mol. The Bertz CT molecular complexity index is 972. The lowest BCUT2D eigenvalue weighted by Crippen LogP contribution is -2.54. The van der Waals surface area contributed by atoms with Gasteiger partial charge >= 0.3 is 6.03 Å². The van der Waals surface area contributed by atoms with Gasteiger partial charge in [-0.25, -0.2) is 9.69 Å². The van der Waals surface area contributed by atoms with Crippen molar-refractivity contribution in [3.8, 4) is 0 Å². The van der Waals surface area contributed by atoms with Gasteiger partial charge in [0.05, 0.1) is 5.69 Å². The molecular weight excluding hydrogens is 394 g/mol. The summed E-state index contributed by atoms with van der Waals surface area (Å²) in [5.41, 5.74) is 0.149. The van der Waals surface area contributed by atoms with Gasteiger partial charge in [0, 0.05) is 24.2 Å². The SMILES string of the molecule is O=C1NC(=O)N(c2ccc(Cl)cc2)C(=O)/C1=C/c1ccc(N2CCCCCC2)o1. The predicted molar refractivity (Wildman–Crippen MR) is 110 cm³/mol. The van der Waals surface area contributed by atoms with Crippen LogP contribution in [0.3, 0.4) is 0 Å². The van der Waals surface area contributed by atoms with Crippen LogP contribution < -0.4 is 15.1 Å². The first-order valence-corrected chi connectivity index (χ1v) is 9.92. The van der Waals surface area contributed by atoms with Crippen molar-refractivity contribution in [3.63, 3.8) is 0 Å². The fourth-order valence-electron chi connectivity index (χ4n) is 3.51. The van der Waals surface area contributed by atoms with Gasteiger partial charge in [-0.2, -0.15) is 0 Å². The molecule has 1 aromatic carbocycles. The highest BCUT2D eigenvalue weighted by atomic mass is 35.5. The first-order chi connectivity index (χ1) is 14.0. The molecule has 4 amide bonds. The number of carbonyl (C=O) groups excluding carboxylic acids is 3. The average Bonchev–Trinajstić information content (AvgIpc) is 2.99. The highest BCUT2D eigenvalue weighted by molar-refractivity contribution is 6.39. The zero-order valence-electron chi connectivity index (χ0n) is 15.7. The molecule has 8 heteroatoms. The highest BCUT2D eigenvalue weighted by Crippen LogP contribution is 2.26. The number of nitrogens with zero attached hydrogens (tertiary/aromatic N) is 2. The van der Waals surface area contributed by atoms with Crippen LogP contribution in [0.4, 0.5) is 16.4 Å². The third-order valence-corrected chi connectivity index (χ3v) is 5.26. The number of amides is 4. The maximum absolute atomic E-state index is 12.9. The van der Waals surface area contributed by atoms with E-state index in [1.54, 1.807) is 18.2 Å². The molecule has 0 saturated carbocycles. The van der Waals surface area contributed by atoms with Crippen LogP contribution in [0.2, 0.25) is 5.02 Å². The van der Waals surface area contributed by atoms with E-state index in [0.717, 1.165) is 30.8 Å². The first kappa shape index (κ1) is 19.3. The summed E-state index contributed by atoms with van der Waals surface area (Å²) in [6.07, 6.45) is 6.00. The van der Waals surface area contributed by atoms with Crippen LogP contribution >= 0.6 is 11.6 Å². The highest BCUT2D eigenvalue weighted by Gasteiger charge is 2.37. The summed E-state index contributed by atoms with van der Waals surface area (Å²) in [6, 6.07) is 8.97. The van der Waals surface area contributed by atoms with Crippen LogP contribution in [0.15, 0.2) is 46.4 Å². The number of rotatable bonds is 3. The van der Waals surface area contributed by atoms with E-state index in [-0.39, 0.29) is 5.57 Å². The number of furan rings is 1. The van der Waals surface area contributed by atoms with Gasteiger partial charge in [0.25, 0.3) is 11.8 Å². The number of anilines is 2. The molecule has 2 aliphatic heterocycles. The molecule has 0 aliphatic carbocycles. The molecule has 1 N–H and O–H groups in total. The van der Waals surface area contributed by atoms with Crippen molar-refractivity contribution >= 4 is 47.1 Å². The minimum absolute atomic E-state index is 0.170. The van der Waals surface area contributed by atoms with Crippen LogP contribution in [0.25, 0.3) is 6.08 Å². The molecule has 0 spiro atoms. The maximum Gasteiger partial charge on any atom is 0.335 e. The lowest BCUT2D eigenvalue weighted by atomic mass is 10.1. The minimum Gasteiger partial charge on any atom is -0.441 e. The summed E-state index contributed by atoms with van der Waals surface area (Å²) >= 11 is 5.87.